The van der Waals surface area contributed by atoms with E-state index in [2.05, 4.69) is 32.8 Å². The highest BCUT2D eigenvalue weighted by atomic mass is 31.3. The number of carbonyl (C=O) groups is 1. The zero-order valence-corrected chi connectivity index (χ0v) is 26.6. The molecule has 2 unspecified atom stereocenters. The molecular weight excluding hydrogens is 725 g/mol. The molecular formula is C21H28N7O17P3. The number of nitrogen functional groups attached to an aromatic ring is 1. The van der Waals surface area contributed by atoms with Gasteiger partial charge < -0.3 is 60.4 Å². The maximum absolute atomic E-state index is 12.5. The quantitative estimate of drug-likeness (QED) is 0.0476. The molecule has 3 aromatic rings. The molecule has 2 aliphatic heterocycles. The first kappa shape index (κ1) is 36.4. The van der Waals surface area contributed by atoms with Crippen LogP contribution < -0.4 is 20.9 Å². The predicted octanol–water partition coefficient (Wildman–Crippen LogP) is -3.53. The summed E-state index contributed by atoms with van der Waals surface area (Å²) in [5.41, 5.74) is 11.1. The molecule has 0 aromatic carbocycles. The van der Waals surface area contributed by atoms with E-state index >= 15 is 0 Å². The summed E-state index contributed by atoms with van der Waals surface area (Å²) in [5.74, 6) is -0.862. The van der Waals surface area contributed by atoms with Gasteiger partial charge in [0.15, 0.2) is 36.2 Å². The van der Waals surface area contributed by atoms with Crippen molar-refractivity contribution in [2.75, 3.05) is 18.9 Å². The van der Waals surface area contributed by atoms with Crippen molar-refractivity contribution in [3.63, 3.8) is 0 Å². The fourth-order valence-corrected chi connectivity index (χ4v) is 7.42. The lowest BCUT2D eigenvalue weighted by Crippen LogP contribution is -2.46. The molecule has 27 heteroatoms. The number of fused-ring (bicyclic) bond motifs is 1. The van der Waals surface area contributed by atoms with Crippen molar-refractivity contribution < 1.29 is 85.3 Å². The maximum Gasteiger partial charge on any atom is 0.478 e. The maximum atomic E-state index is 12.5. The third-order valence-electron chi connectivity index (χ3n) is 6.97. The molecule has 2 saturated heterocycles. The highest BCUT2D eigenvalue weighted by molar-refractivity contribution is 7.60. The Kier molecular flexibility index (Phi) is 10.5. The number of ether oxygens (including phenoxy) is 2. The van der Waals surface area contributed by atoms with Gasteiger partial charge >= 0.3 is 15.6 Å². The molecule has 1 amide bonds. The zero-order chi connectivity index (χ0) is 35.2. The number of nitrogens with zero attached hydrogens (tertiary/aromatic N) is 5. The second kappa shape index (κ2) is 13.8. The van der Waals surface area contributed by atoms with E-state index in [1.807, 2.05) is 0 Å². The first-order valence-corrected chi connectivity index (χ1v) is 17.8. The number of hydrogen-bond acceptors (Lipinski definition) is 18. The summed E-state index contributed by atoms with van der Waals surface area (Å²) in [6.45, 7) is -2.12. The van der Waals surface area contributed by atoms with E-state index in [-0.39, 0.29) is 22.5 Å². The number of phosphoric ester groups is 3. The summed E-state index contributed by atoms with van der Waals surface area (Å²) in [6.07, 6.45) is -8.59. The summed E-state index contributed by atoms with van der Waals surface area (Å²) in [4.78, 5) is 64.4. The van der Waals surface area contributed by atoms with Gasteiger partial charge in [-0.05, 0) is 6.07 Å². The predicted molar refractivity (Wildman–Crippen MR) is 148 cm³/mol. The standard InChI is InChI=1S/C21H28N7O17P3/c22-17-12-19(25-7-24-17)28(8-26-12)21-16(44-46(33,34)35)14(30)11(43-21)6-41-48(38,39)45-47(36,37)40-5-10-13(29)15(31)20(42-10)27-3-1-2-9(4-27)18(23)32/h1-4,7-8,10-11,13-16,20-21,29-31H,5-6H2,(H7-,22,23,24,25,32,33,34,35,36,37,38,39)/t10-,11-,13-,14-,15-,16-,20-,21-/m1/s1/i6+1,7+1,8+1,11+1,12+1,14+1,16+1,17+1,19+1,21+1. The summed E-state index contributed by atoms with van der Waals surface area (Å²) >= 11 is 0. The van der Waals surface area contributed by atoms with Crippen LogP contribution in [0.5, 0.6) is 0 Å². The first-order chi connectivity index (χ1) is 22.4. The Morgan fingerprint density at radius 1 is 1.02 bits per heavy atom. The molecule has 5 heterocycles. The lowest BCUT2D eigenvalue weighted by molar-refractivity contribution is -0.765. The van der Waals surface area contributed by atoms with Crippen LogP contribution in [0.3, 0.4) is 0 Å². The molecule has 2 fully saturated rings. The number of aliphatic hydroxyl groups is 3. The minimum Gasteiger partial charge on any atom is -0.756 e. The zero-order valence-electron chi connectivity index (χ0n) is 23.9. The molecule has 0 saturated carbocycles. The summed E-state index contributed by atoms with van der Waals surface area (Å²) in [6, 6.07) is 2.77. The van der Waals surface area contributed by atoms with Crippen molar-refractivity contribution in [3.05, 3.63) is 42.7 Å². The molecule has 264 valence electrons. The lowest BCUT2D eigenvalue weighted by atomic mass is 10.1. The van der Waals surface area contributed by atoms with Gasteiger partial charge in [0, 0.05) is 6.07 Å². The monoisotopic (exact) mass is 753 g/mol. The fourth-order valence-electron chi connectivity index (χ4n) is 4.82. The van der Waals surface area contributed by atoms with Gasteiger partial charge in [-0.2, -0.15) is 4.57 Å². The van der Waals surface area contributed by atoms with Gasteiger partial charge in [0.25, 0.3) is 20.0 Å². The van der Waals surface area contributed by atoms with Crippen molar-refractivity contribution in [2.45, 2.75) is 49.1 Å². The van der Waals surface area contributed by atoms with Crippen molar-refractivity contribution in [2.24, 2.45) is 5.73 Å². The van der Waals surface area contributed by atoms with E-state index in [9.17, 15) is 53.4 Å². The van der Waals surface area contributed by atoms with Crippen molar-refractivity contribution in [1.29, 1.82) is 0 Å². The number of pyridine rings is 1. The molecule has 5 rings (SSSR count). The Morgan fingerprint density at radius 3 is 2.40 bits per heavy atom. The Hall–Kier alpha value is -2.86. The van der Waals surface area contributed by atoms with E-state index in [4.69, 9.17) is 20.9 Å². The van der Waals surface area contributed by atoms with Crippen LogP contribution in [0.2, 0.25) is 0 Å². The van der Waals surface area contributed by atoms with Crippen LogP contribution in [-0.4, -0.2) is 105 Å². The van der Waals surface area contributed by atoms with Gasteiger partial charge in [0.05, 0.1) is 19.5 Å². The summed E-state index contributed by atoms with van der Waals surface area (Å²) in [5, 5.41) is 31.5. The number of aromatic nitrogens is 5. The van der Waals surface area contributed by atoms with E-state index in [1.165, 1.54) is 29.1 Å². The summed E-state index contributed by atoms with van der Waals surface area (Å²) in [7, 11) is -16.6. The SMILES string of the molecule is NC(=O)c1ccc[n+]([C@@H]2O[C@H](COP(=O)([O-])OP(=O)(O)O[13CH2][13C@H]3O[13C@@H](n4[13cH]n[13c]5[13c](N)n[13cH]n[13c]54)[13C@H](OP(=O)(O)O)[13C@@H]3O)[C@@H](O)[C@H]2O)c1. The Morgan fingerprint density at radius 2 is 1.71 bits per heavy atom. The number of carbonyl (C=O) groups excluding carboxylic acids is 1. The van der Waals surface area contributed by atoms with E-state index < -0.39 is 91.7 Å². The van der Waals surface area contributed by atoms with Crippen LogP contribution in [-0.2, 0) is 41.1 Å². The van der Waals surface area contributed by atoms with Gasteiger partial charge in [0.2, 0.25) is 0 Å². The third kappa shape index (κ3) is 8.12. The molecule has 0 spiro atoms. The van der Waals surface area contributed by atoms with Crippen LogP contribution in [0.1, 0.15) is 22.8 Å². The molecule has 10 atom stereocenters. The smallest absolute Gasteiger partial charge is 0.478 e. The van der Waals surface area contributed by atoms with Crippen LogP contribution >= 0.6 is 23.5 Å². The number of aliphatic hydroxyl groups excluding tert-OH is 3. The van der Waals surface area contributed by atoms with E-state index in [0.29, 0.717) is 0 Å². The van der Waals surface area contributed by atoms with Crippen LogP contribution in [0, 0.1) is 0 Å². The average molecular weight is 753 g/mol. The number of imidazole rings is 1. The molecule has 10 N–H and O–H groups in total. The van der Waals surface area contributed by atoms with Crippen molar-refractivity contribution in [1.82, 2.24) is 19.5 Å². The number of phosphoric acid groups is 3. The topological polar surface area (TPSA) is 368 Å². The van der Waals surface area contributed by atoms with Crippen LogP contribution in [0.15, 0.2) is 37.2 Å². The molecule has 2 aliphatic rings. The number of rotatable bonds is 13. The summed E-state index contributed by atoms with van der Waals surface area (Å²) < 4.78 is 67.9. The minimum atomic E-state index is -5.72. The second-order valence-corrected chi connectivity index (χ2v) is 14.4. The normalized spacial score (nSPS) is 30.3. The highest BCUT2D eigenvalue weighted by Crippen LogP contribution is 2.58. The van der Waals surface area contributed by atoms with Gasteiger partial charge in [-0.15, -0.1) is 0 Å². The Balaban J connectivity index is 1.21. The number of nitrogens with two attached hydrogens (primary N) is 2. The van der Waals surface area contributed by atoms with Gasteiger partial charge in [-0.25, -0.2) is 28.4 Å². The second-order valence-electron chi connectivity index (χ2n) is 10.2. The fraction of sp³-hybridized carbons (Fsp3) is 0.476. The molecule has 0 bridgehead atoms. The highest BCUT2D eigenvalue weighted by Gasteiger charge is 2.51. The minimum absolute atomic E-state index is 0.00541. The number of hydrogen-bond donors (Lipinski definition) is 8. The largest absolute Gasteiger partial charge is 0.756 e. The first-order valence-electron chi connectivity index (χ1n) is 13.3. The van der Waals surface area contributed by atoms with Gasteiger partial charge in [-0.3, -0.25) is 23.0 Å². The molecule has 24 nitrogen and oxygen atoms in total. The molecule has 0 radical (unpaired) electrons. The van der Waals surface area contributed by atoms with Gasteiger partial charge in [-0.1, -0.05) is 0 Å². The Labute approximate surface area is 267 Å². The lowest BCUT2D eigenvalue weighted by Gasteiger charge is -2.26. The number of amides is 1. The van der Waals surface area contributed by atoms with E-state index in [1.54, 1.807) is 0 Å². The van der Waals surface area contributed by atoms with Crippen LogP contribution in [0.4, 0.5) is 5.82 Å². The molecule has 3 aromatic heterocycles. The van der Waals surface area contributed by atoms with Crippen molar-refractivity contribution >= 4 is 46.4 Å². The van der Waals surface area contributed by atoms with Crippen molar-refractivity contribution in [3.8, 4) is 0 Å². The van der Waals surface area contributed by atoms with Gasteiger partial charge in [0.1, 0.15) is 47.9 Å². The third-order valence-corrected chi connectivity index (χ3v) is 10.1. The molecule has 0 aliphatic carbocycles. The molecule has 48 heavy (non-hydrogen) atoms. The Bertz CT molecular complexity index is 1810. The average Bonchev–Trinajstić information content (AvgIpc) is 3.64. The van der Waals surface area contributed by atoms with E-state index in [0.717, 1.165) is 17.2 Å². The number of anilines is 1. The van der Waals surface area contributed by atoms with Crippen LogP contribution in [0.25, 0.3) is 11.2 Å². The number of primary amides is 1.